The fourth-order valence-electron chi connectivity index (χ4n) is 4.51. The van der Waals surface area contributed by atoms with Crippen molar-refractivity contribution < 1.29 is 23.9 Å². The van der Waals surface area contributed by atoms with Crippen molar-refractivity contribution in [1.82, 2.24) is 5.32 Å². The summed E-state index contributed by atoms with van der Waals surface area (Å²) in [6, 6.07) is 31.7. The van der Waals surface area contributed by atoms with Crippen LogP contribution in [0, 0.1) is 0 Å². The molecule has 5 rings (SSSR count). The first-order valence-corrected chi connectivity index (χ1v) is 14.6. The lowest BCUT2D eigenvalue weighted by Crippen LogP contribution is -2.31. The highest BCUT2D eigenvalue weighted by atomic mass is 32.2. The first-order valence-electron chi connectivity index (χ1n) is 13.7. The van der Waals surface area contributed by atoms with Gasteiger partial charge in [-0.25, -0.2) is 4.90 Å². The van der Waals surface area contributed by atoms with Crippen molar-refractivity contribution in [3.05, 3.63) is 126 Å². The van der Waals surface area contributed by atoms with E-state index in [9.17, 15) is 19.2 Å². The van der Waals surface area contributed by atoms with Gasteiger partial charge in [-0.3, -0.25) is 19.2 Å². The van der Waals surface area contributed by atoms with Gasteiger partial charge in [0.05, 0.1) is 17.5 Å². The quantitative estimate of drug-likeness (QED) is 0.175. The molecule has 43 heavy (non-hydrogen) atoms. The lowest BCUT2D eigenvalue weighted by molar-refractivity contribution is -0.121. The molecule has 4 aromatic carbocycles. The Balaban J connectivity index is 1.31. The minimum atomic E-state index is -0.540. The number of ether oxygens (including phenoxy) is 1. The van der Waals surface area contributed by atoms with E-state index >= 15 is 0 Å². The molecule has 1 saturated heterocycles. The van der Waals surface area contributed by atoms with Gasteiger partial charge in [-0.15, -0.1) is 11.8 Å². The number of amides is 4. The largest absolute Gasteiger partial charge is 0.493 e. The fourth-order valence-corrected chi connectivity index (χ4v) is 5.56. The van der Waals surface area contributed by atoms with Gasteiger partial charge in [-0.1, -0.05) is 54.6 Å². The molecule has 1 aliphatic rings. The van der Waals surface area contributed by atoms with E-state index in [1.165, 1.54) is 16.7 Å². The van der Waals surface area contributed by atoms with Crippen LogP contribution < -0.4 is 20.3 Å². The number of carbonyl (C=O) groups is 4. The van der Waals surface area contributed by atoms with Gasteiger partial charge in [0.15, 0.2) is 0 Å². The molecule has 0 saturated carbocycles. The molecule has 1 aliphatic heterocycles. The maximum atomic E-state index is 13.4. The predicted molar refractivity (Wildman–Crippen MR) is 168 cm³/mol. The van der Waals surface area contributed by atoms with Crippen molar-refractivity contribution in [3.63, 3.8) is 0 Å². The molecule has 4 aromatic rings. The van der Waals surface area contributed by atoms with Gasteiger partial charge in [0.1, 0.15) is 11.4 Å². The molecule has 1 fully saturated rings. The number of hydrogen-bond acceptors (Lipinski definition) is 6. The van der Waals surface area contributed by atoms with Gasteiger partial charge < -0.3 is 15.4 Å². The Hall–Kier alpha value is -5.15. The standard InChI is InChI=1S/C34H29N3O5S/c1-2-42-29-16-10-9-13-24(29)21-28(36-32(39)23-11-5-3-6-12-23)33(40)35-25-17-19-27(20-18-25)43-30-22-31(38)37(34(30)41)26-14-7-4-8-15-26/h3-21,30H,2,22H2,1H3,(H,35,40)(H,36,39)/b28-21-. The molecule has 2 N–H and O–H groups in total. The molecule has 1 atom stereocenters. The van der Waals surface area contributed by atoms with Crippen LogP contribution in [0.4, 0.5) is 11.4 Å². The summed E-state index contributed by atoms with van der Waals surface area (Å²) >= 11 is 1.30. The number of anilines is 2. The van der Waals surface area contributed by atoms with Crippen molar-refractivity contribution >= 4 is 52.8 Å². The molecule has 0 radical (unpaired) electrons. The summed E-state index contributed by atoms with van der Waals surface area (Å²) in [6.45, 7) is 2.31. The van der Waals surface area contributed by atoms with Crippen molar-refractivity contribution in [2.24, 2.45) is 0 Å². The van der Waals surface area contributed by atoms with Gasteiger partial charge in [-0.05, 0) is 67.6 Å². The number of nitrogens with one attached hydrogen (secondary N) is 2. The summed E-state index contributed by atoms with van der Waals surface area (Å²) in [7, 11) is 0. The Bertz CT molecular complexity index is 1660. The molecular weight excluding hydrogens is 562 g/mol. The Morgan fingerprint density at radius 3 is 2.23 bits per heavy atom. The second-order valence-electron chi connectivity index (χ2n) is 9.54. The fraction of sp³-hybridized carbons (Fsp3) is 0.118. The first-order chi connectivity index (χ1) is 20.9. The first kappa shape index (κ1) is 29.3. The van der Waals surface area contributed by atoms with Crippen LogP contribution in [0.2, 0.25) is 0 Å². The van der Waals surface area contributed by atoms with Crippen LogP contribution in [0.25, 0.3) is 6.08 Å². The molecule has 0 aromatic heterocycles. The Morgan fingerprint density at radius 2 is 1.53 bits per heavy atom. The normalized spacial score (nSPS) is 14.9. The molecule has 1 unspecified atom stereocenters. The predicted octanol–water partition coefficient (Wildman–Crippen LogP) is 5.92. The van der Waals surface area contributed by atoms with E-state index < -0.39 is 17.1 Å². The van der Waals surface area contributed by atoms with Gasteiger partial charge >= 0.3 is 0 Å². The summed E-state index contributed by atoms with van der Waals surface area (Å²) < 4.78 is 5.70. The van der Waals surface area contributed by atoms with Crippen molar-refractivity contribution in [1.29, 1.82) is 0 Å². The van der Waals surface area contributed by atoms with E-state index in [0.29, 0.717) is 34.9 Å². The zero-order chi connectivity index (χ0) is 30.2. The number of benzene rings is 4. The highest BCUT2D eigenvalue weighted by molar-refractivity contribution is 8.00. The van der Waals surface area contributed by atoms with Crippen LogP contribution in [0.3, 0.4) is 0 Å². The molecule has 0 spiro atoms. The highest BCUT2D eigenvalue weighted by Gasteiger charge is 2.40. The zero-order valence-electron chi connectivity index (χ0n) is 23.4. The number of carbonyl (C=O) groups excluding carboxylic acids is 4. The number of imide groups is 1. The van der Waals surface area contributed by atoms with Gasteiger partial charge in [0.2, 0.25) is 11.8 Å². The Morgan fingerprint density at radius 1 is 0.884 bits per heavy atom. The number of para-hydroxylation sites is 2. The lowest BCUT2D eigenvalue weighted by atomic mass is 10.1. The minimum absolute atomic E-state index is 0.0375. The number of hydrogen-bond donors (Lipinski definition) is 2. The van der Waals surface area contributed by atoms with Crippen molar-refractivity contribution in [2.75, 3.05) is 16.8 Å². The highest BCUT2D eigenvalue weighted by Crippen LogP contribution is 2.34. The molecule has 0 bridgehead atoms. The summed E-state index contributed by atoms with van der Waals surface area (Å²) in [5.41, 5.74) is 2.13. The molecular formula is C34H29N3O5S. The maximum Gasteiger partial charge on any atom is 0.272 e. The van der Waals surface area contributed by atoms with Gasteiger partial charge in [-0.2, -0.15) is 0 Å². The smallest absolute Gasteiger partial charge is 0.272 e. The number of thioether (sulfide) groups is 1. The lowest BCUT2D eigenvalue weighted by Gasteiger charge is -2.15. The van der Waals surface area contributed by atoms with Crippen LogP contribution in [0.5, 0.6) is 5.75 Å². The number of rotatable bonds is 10. The molecule has 9 heteroatoms. The van der Waals surface area contributed by atoms with Gasteiger partial charge in [0.25, 0.3) is 11.8 Å². The molecule has 1 heterocycles. The average Bonchev–Trinajstić information content (AvgIpc) is 3.31. The third-order valence-corrected chi connectivity index (χ3v) is 7.75. The van der Waals surface area contributed by atoms with E-state index in [-0.39, 0.29) is 23.9 Å². The second-order valence-corrected chi connectivity index (χ2v) is 10.8. The van der Waals surface area contributed by atoms with E-state index in [4.69, 9.17) is 4.74 Å². The topological polar surface area (TPSA) is 105 Å². The maximum absolute atomic E-state index is 13.4. The third-order valence-electron chi connectivity index (χ3n) is 6.56. The monoisotopic (exact) mass is 591 g/mol. The molecule has 8 nitrogen and oxygen atoms in total. The molecule has 4 amide bonds. The summed E-state index contributed by atoms with van der Waals surface area (Å²) in [5, 5.41) is 5.03. The Labute approximate surface area is 253 Å². The van der Waals surface area contributed by atoms with E-state index in [2.05, 4.69) is 10.6 Å². The van der Waals surface area contributed by atoms with Crippen LogP contribution in [-0.4, -0.2) is 35.5 Å². The summed E-state index contributed by atoms with van der Waals surface area (Å²) in [5.74, 6) is -0.861. The summed E-state index contributed by atoms with van der Waals surface area (Å²) in [4.78, 5) is 54.0. The van der Waals surface area contributed by atoms with Crippen molar-refractivity contribution in [3.8, 4) is 5.75 Å². The zero-order valence-corrected chi connectivity index (χ0v) is 24.2. The summed E-state index contributed by atoms with van der Waals surface area (Å²) in [6.07, 6.45) is 1.68. The van der Waals surface area contributed by atoms with E-state index in [1.54, 1.807) is 97.1 Å². The minimum Gasteiger partial charge on any atom is -0.493 e. The number of nitrogens with zero attached hydrogens (tertiary/aromatic N) is 1. The SMILES string of the molecule is CCOc1ccccc1/C=C(\NC(=O)c1ccccc1)C(=O)Nc1ccc(SC2CC(=O)N(c3ccccc3)C2=O)cc1. The van der Waals surface area contributed by atoms with E-state index in [1.807, 2.05) is 25.1 Å². The van der Waals surface area contributed by atoms with Crippen LogP contribution in [0.15, 0.2) is 120 Å². The third kappa shape index (κ3) is 7.20. The van der Waals surface area contributed by atoms with Crippen molar-refractivity contribution in [2.45, 2.75) is 23.5 Å². The average molecular weight is 592 g/mol. The molecule has 216 valence electrons. The van der Waals surface area contributed by atoms with Crippen LogP contribution in [-0.2, 0) is 14.4 Å². The van der Waals surface area contributed by atoms with Gasteiger partial charge in [0, 0.05) is 28.1 Å². The Kier molecular flexibility index (Phi) is 9.33. The molecule has 0 aliphatic carbocycles. The van der Waals surface area contributed by atoms with E-state index in [0.717, 1.165) is 4.90 Å². The van der Waals surface area contributed by atoms with Crippen LogP contribution in [0.1, 0.15) is 29.3 Å². The second kappa shape index (κ2) is 13.7. The van der Waals surface area contributed by atoms with Crippen LogP contribution >= 0.6 is 11.8 Å².